The number of anilines is 1. The van der Waals surface area contributed by atoms with Gasteiger partial charge in [0.2, 0.25) is 0 Å². The molecule has 92 valence electrons. The van der Waals surface area contributed by atoms with Crippen molar-refractivity contribution in [2.45, 2.75) is 26.7 Å². The lowest BCUT2D eigenvalue weighted by Crippen LogP contribution is -2.28. The molecular formula is C14H20N2S. The Balaban J connectivity index is 2.31. The van der Waals surface area contributed by atoms with Crippen molar-refractivity contribution in [2.24, 2.45) is 11.7 Å². The summed E-state index contributed by atoms with van der Waals surface area (Å²) in [5, 5.41) is 0. The Bertz CT molecular complexity index is 424. The molecule has 0 unspecified atom stereocenters. The molecule has 17 heavy (non-hydrogen) atoms. The minimum absolute atomic E-state index is 0.495. The fourth-order valence-electron chi connectivity index (χ4n) is 2.12. The molecule has 1 fully saturated rings. The zero-order chi connectivity index (χ0) is 12.4. The Hall–Kier alpha value is -1.09. The van der Waals surface area contributed by atoms with E-state index < -0.39 is 0 Å². The van der Waals surface area contributed by atoms with E-state index in [-0.39, 0.29) is 0 Å². The lowest BCUT2D eigenvalue weighted by Gasteiger charge is -2.26. The second-order valence-corrected chi connectivity index (χ2v) is 5.31. The normalized spacial score (nSPS) is 14.7. The SMILES string of the molecule is CCN(CC1CC1)c1cc(C)ccc1C(N)=S. The zero-order valence-corrected chi connectivity index (χ0v) is 11.4. The Morgan fingerprint density at radius 2 is 2.18 bits per heavy atom. The fraction of sp³-hybridized carbons (Fsp3) is 0.500. The quantitative estimate of drug-likeness (QED) is 0.812. The van der Waals surface area contributed by atoms with Crippen LogP contribution >= 0.6 is 12.2 Å². The van der Waals surface area contributed by atoms with Gasteiger partial charge in [-0.15, -0.1) is 0 Å². The molecule has 0 amide bonds. The summed E-state index contributed by atoms with van der Waals surface area (Å²) in [6.07, 6.45) is 2.73. The number of hydrogen-bond acceptors (Lipinski definition) is 2. The van der Waals surface area contributed by atoms with Crippen molar-refractivity contribution in [1.82, 2.24) is 0 Å². The van der Waals surface area contributed by atoms with E-state index >= 15 is 0 Å². The summed E-state index contributed by atoms with van der Waals surface area (Å²) in [4.78, 5) is 2.90. The Morgan fingerprint density at radius 3 is 2.71 bits per heavy atom. The molecule has 0 saturated heterocycles. The molecule has 0 atom stereocenters. The fourth-order valence-corrected chi connectivity index (χ4v) is 2.29. The molecule has 0 aliphatic heterocycles. The molecule has 0 bridgehead atoms. The molecule has 1 aliphatic carbocycles. The minimum Gasteiger partial charge on any atom is -0.389 e. The number of aryl methyl sites for hydroxylation is 1. The van der Waals surface area contributed by atoms with Crippen LogP contribution < -0.4 is 10.6 Å². The van der Waals surface area contributed by atoms with Gasteiger partial charge in [-0.2, -0.15) is 0 Å². The summed E-state index contributed by atoms with van der Waals surface area (Å²) in [7, 11) is 0. The molecule has 2 nitrogen and oxygen atoms in total. The van der Waals surface area contributed by atoms with Crippen LogP contribution in [0.15, 0.2) is 18.2 Å². The summed E-state index contributed by atoms with van der Waals surface area (Å²) >= 11 is 5.14. The summed E-state index contributed by atoms with van der Waals surface area (Å²) in [5.74, 6) is 0.870. The van der Waals surface area contributed by atoms with Gasteiger partial charge in [0.15, 0.2) is 0 Å². The van der Waals surface area contributed by atoms with E-state index in [9.17, 15) is 0 Å². The molecule has 1 aliphatic rings. The van der Waals surface area contributed by atoms with Crippen molar-refractivity contribution in [3.05, 3.63) is 29.3 Å². The Labute approximate surface area is 109 Å². The first-order valence-electron chi connectivity index (χ1n) is 6.27. The predicted octanol–water partition coefficient (Wildman–Crippen LogP) is 2.87. The monoisotopic (exact) mass is 248 g/mol. The maximum absolute atomic E-state index is 5.81. The molecule has 0 aromatic heterocycles. The van der Waals surface area contributed by atoms with Crippen LogP contribution in [0.1, 0.15) is 30.9 Å². The Morgan fingerprint density at radius 1 is 1.47 bits per heavy atom. The second kappa shape index (κ2) is 5.05. The van der Waals surface area contributed by atoms with Gasteiger partial charge < -0.3 is 10.6 Å². The van der Waals surface area contributed by atoms with Crippen molar-refractivity contribution < 1.29 is 0 Å². The van der Waals surface area contributed by atoms with Gasteiger partial charge in [-0.3, -0.25) is 0 Å². The largest absolute Gasteiger partial charge is 0.389 e. The highest BCUT2D eigenvalue weighted by Crippen LogP contribution is 2.32. The van der Waals surface area contributed by atoms with Gasteiger partial charge >= 0.3 is 0 Å². The first-order chi connectivity index (χ1) is 8.11. The van der Waals surface area contributed by atoms with E-state index in [4.69, 9.17) is 18.0 Å². The standard InChI is InChI=1S/C14H20N2S/c1-3-16(9-11-5-6-11)13-8-10(2)4-7-12(13)14(15)17/h4,7-8,11H,3,5-6,9H2,1-2H3,(H2,15,17). The lowest BCUT2D eigenvalue weighted by molar-refractivity contribution is 0.741. The smallest absolute Gasteiger partial charge is 0.106 e. The van der Waals surface area contributed by atoms with Crippen LogP contribution in [0.5, 0.6) is 0 Å². The van der Waals surface area contributed by atoms with Crippen molar-refractivity contribution >= 4 is 22.9 Å². The maximum atomic E-state index is 5.81. The van der Waals surface area contributed by atoms with Crippen molar-refractivity contribution in [3.63, 3.8) is 0 Å². The maximum Gasteiger partial charge on any atom is 0.106 e. The number of nitrogens with two attached hydrogens (primary N) is 1. The van der Waals surface area contributed by atoms with E-state index in [2.05, 4.69) is 30.9 Å². The van der Waals surface area contributed by atoms with Gasteiger partial charge in [0.25, 0.3) is 0 Å². The first kappa shape index (κ1) is 12.4. The summed E-state index contributed by atoms with van der Waals surface area (Å²) in [5.41, 5.74) is 9.28. The van der Waals surface area contributed by atoms with Crippen LogP contribution in [0.4, 0.5) is 5.69 Å². The van der Waals surface area contributed by atoms with Gasteiger partial charge in [0.05, 0.1) is 0 Å². The predicted molar refractivity (Wildman–Crippen MR) is 77.7 cm³/mol. The molecule has 3 heteroatoms. The molecule has 0 spiro atoms. The highest BCUT2D eigenvalue weighted by Gasteiger charge is 2.25. The van der Waals surface area contributed by atoms with Gasteiger partial charge in [0.1, 0.15) is 4.99 Å². The zero-order valence-electron chi connectivity index (χ0n) is 10.6. The average Bonchev–Trinajstić information content (AvgIpc) is 3.09. The van der Waals surface area contributed by atoms with Crippen molar-refractivity contribution in [3.8, 4) is 0 Å². The van der Waals surface area contributed by atoms with Crippen LogP contribution in [0.25, 0.3) is 0 Å². The van der Waals surface area contributed by atoms with Crippen molar-refractivity contribution in [1.29, 1.82) is 0 Å². The van der Waals surface area contributed by atoms with Gasteiger partial charge in [0, 0.05) is 24.3 Å². The van der Waals surface area contributed by atoms with Crippen LogP contribution in [-0.2, 0) is 0 Å². The van der Waals surface area contributed by atoms with Crippen molar-refractivity contribution in [2.75, 3.05) is 18.0 Å². The summed E-state index contributed by atoms with van der Waals surface area (Å²) in [6.45, 7) is 6.44. The first-order valence-corrected chi connectivity index (χ1v) is 6.68. The third-order valence-corrected chi connectivity index (χ3v) is 3.54. The summed E-state index contributed by atoms with van der Waals surface area (Å²) < 4.78 is 0. The van der Waals surface area contributed by atoms with Gasteiger partial charge in [-0.25, -0.2) is 0 Å². The van der Waals surface area contributed by atoms with Gasteiger partial charge in [-0.1, -0.05) is 18.3 Å². The third-order valence-electron chi connectivity index (χ3n) is 3.32. The molecule has 1 aromatic rings. The lowest BCUT2D eigenvalue weighted by atomic mass is 10.1. The number of thiocarbonyl (C=S) groups is 1. The molecule has 2 rings (SSSR count). The van der Waals surface area contributed by atoms with E-state index in [1.165, 1.54) is 24.1 Å². The third kappa shape index (κ3) is 2.97. The van der Waals surface area contributed by atoms with E-state index in [1.54, 1.807) is 0 Å². The highest BCUT2D eigenvalue weighted by molar-refractivity contribution is 7.80. The number of benzene rings is 1. The number of nitrogens with zero attached hydrogens (tertiary/aromatic N) is 1. The highest BCUT2D eigenvalue weighted by atomic mass is 32.1. The molecule has 1 saturated carbocycles. The van der Waals surface area contributed by atoms with Crippen LogP contribution in [0.3, 0.4) is 0 Å². The summed E-state index contributed by atoms with van der Waals surface area (Å²) in [6, 6.07) is 6.31. The second-order valence-electron chi connectivity index (χ2n) is 4.87. The van der Waals surface area contributed by atoms with Crippen LogP contribution in [-0.4, -0.2) is 18.1 Å². The minimum atomic E-state index is 0.495. The number of rotatable bonds is 5. The van der Waals surface area contributed by atoms with E-state index in [1.807, 2.05) is 6.07 Å². The van der Waals surface area contributed by atoms with Gasteiger partial charge in [-0.05, 0) is 50.3 Å². The van der Waals surface area contributed by atoms with E-state index in [0.29, 0.717) is 4.99 Å². The molecular weight excluding hydrogens is 228 g/mol. The van der Waals surface area contributed by atoms with Crippen LogP contribution in [0, 0.1) is 12.8 Å². The van der Waals surface area contributed by atoms with Crippen LogP contribution in [0.2, 0.25) is 0 Å². The Kier molecular flexibility index (Phi) is 3.67. The topological polar surface area (TPSA) is 29.3 Å². The molecule has 1 aromatic carbocycles. The van der Waals surface area contributed by atoms with E-state index in [0.717, 1.165) is 24.6 Å². The molecule has 0 heterocycles. The molecule has 2 N–H and O–H groups in total. The average molecular weight is 248 g/mol. The number of hydrogen-bond donors (Lipinski definition) is 1. The molecule has 0 radical (unpaired) electrons.